The number of rotatable bonds is 5. The summed E-state index contributed by atoms with van der Waals surface area (Å²) in [5, 5.41) is 14.2. The smallest absolute Gasteiger partial charge is 0.220 e. The van der Waals surface area contributed by atoms with Crippen molar-refractivity contribution in [3.63, 3.8) is 0 Å². The number of nitrogens with one attached hydrogen (secondary N) is 1. The van der Waals surface area contributed by atoms with Gasteiger partial charge in [0.05, 0.1) is 18.1 Å². The molecule has 128 valence electrons. The van der Waals surface area contributed by atoms with E-state index >= 15 is 0 Å². The Bertz CT molecular complexity index is 637. The number of sulfone groups is 1. The number of aromatic nitrogens is 4. The van der Waals surface area contributed by atoms with Crippen molar-refractivity contribution in [2.24, 2.45) is 5.41 Å². The molecule has 2 heterocycles. The fourth-order valence-corrected chi connectivity index (χ4v) is 5.49. The summed E-state index contributed by atoms with van der Waals surface area (Å²) >= 11 is 0. The summed E-state index contributed by atoms with van der Waals surface area (Å²) in [6.45, 7) is 0.635. The van der Waals surface area contributed by atoms with Crippen molar-refractivity contribution in [1.82, 2.24) is 25.5 Å². The molecule has 3 rings (SSSR count). The van der Waals surface area contributed by atoms with E-state index in [-0.39, 0.29) is 28.9 Å². The summed E-state index contributed by atoms with van der Waals surface area (Å²) in [5.74, 6) is 0.189. The average molecular weight is 341 g/mol. The van der Waals surface area contributed by atoms with Crippen LogP contribution in [0.5, 0.6) is 0 Å². The average Bonchev–Trinajstić information content (AvgIpc) is 3.09. The van der Waals surface area contributed by atoms with Gasteiger partial charge >= 0.3 is 0 Å². The summed E-state index contributed by atoms with van der Waals surface area (Å²) in [6, 6.07) is -0.235. The molecule has 0 radical (unpaired) electrons. The number of hydrogen-bond acceptors (Lipinski definition) is 6. The molecule has 23 heavy (non-hydrogen) atoms. The minimum atomic E-state index is -2.98. The van der Waals surface area contributed by atoms with Crippen molar-refractivity contribution in [2.75, 3.05) is 11.5 Å². The first kappa shape index (κ1) is 16.4. The fraction of sp³-hybridized carbons (Fsp3) is 0.857. The molecule has 1 N–H and O–H groups in total. The van der Waals surface area contributed by atoms with Gasteiger partial charge in [-0.2, -0.15) is 0 Å². The molecule has 0 aromatic carbocycles. The molecule has 1 aliphatic heterocycles. The van der Waals surface area contributed by atoms with Gasteiger partial charge in [0.15, 0.2) is 9.84 Å². The van der Waals surface area contributed by atoms with Crippen LogP contribution in [0.4, 0.5) is 0 Å². The van der Waals surface area contributed by atoms with E-state index in [1.807, 2.05) is 0 Å². The van der Waals surface area contributed by atoms with Gasteiger partial charge in [0.25, 0.3) is 0 Å². The Morgan fingerprint density at radius 2 is 2.09 bits per heavy atom. The van der Waals surface area contributed by atoms with Crippen LogP contribution in [0, 0.1) is 5.41 Å². The Kier molecular flexibility index (Phi) is 4.65. The molecule has 1 aromatic rings. The van der Waals surface area contributed by atoms with Gasteiger partial charge in [-0.1, -0.05) is 19.3 Å². The number of nitrogens with zero attached hydrogens (tertiary/aromatic N) is 4. The summed E-state index contributed by atoms with van der Waals surface area (Å²) in [7, 11) is -2.98. The van der Waals surface area contributed by atoms with E-state index in [9.17, 15) is 13.2 Å². The van der Waals surface area contributed by atoms with Gasteiger partial charge in [-0.15, -0.1) is 5.10 Å². The zero-order chi connectivity index (χ0) is 16.3. The Morgan fingerprint density at radius 3 is 2.70 bits per heavy atom. The molecule has 1 unspecified atom stereocenters. The van der Waals surface area contributed by atoms with Crippen molar-refractivity contribution in [2.45, 2.75) is 57.5 Å². The predicted octanol–water partition coefficient (Wildman–Crippen LogP) is 0.317. The highest BCUT2D eigenvalue weighted by atomic mass is 32.2. The van der Waals surface area contributed by atoms with Gasteiger partial charge in [-0.05, 0) is 35.1 Å². The summed E-state index contributed by atoms with van der Waals surface area (Å²) in [4.78, 5) is 12.4. The van der Waals surface area contributed by atoms with Crippen molar-refractivity contribution in [3.05, 3.63) is 6.33 Å². The Balaban J connectivity index is 1.62. The molecule has 2 aliphatic rings. The third-order valence-electron chi connectivity index (χ3n) is 4.94. The standard InChI is InChI=1S/C14H23N5O3S/c20-13(16-12-4-7-23(21,22)9-12)8-14(5-2-1-3-6-14)10-19-11-15-17-18-19/h11-12H,1-10H2,(H,16,20). The second-order valence-electron chi connectivity index (χ2n) is 6.91. The lowest BCUT2D eigenvalue weighted by Gasteiger charge is -2.36. The van der Waals surface area contributed by atoms with Gasteiger partial charge in [-0.25, -0.2) is 13.1 Å². The molecule has 8 nitrogen and oxygen atoms in total. The van der Waals surface area contributed by atoms with Gasteiger partial charge in [0.1, 0.15) is 6.33 Å². The second-order valence-corrected chi connectivity index (χ2v) is 9.14. The third kappa shape index (κ3) is 4.27. The molecular formula is C14H23N5O3S. The molecule has 0 spiro atoms. The van der Waals surface area contributed by atoms with Crippen molar-refractivity contribution < 1.29 is 13.2 Å². The van der Waals surface area contributed by atoms with E-state index in [0.717, 1.165) is 25.7 Å². The molecule has 1 atom stereocenters. The molecule has 1 amide bonds. The van der Waals surface area contributed by atoms with Crippen molar-refractivity contribution >= 4 is 15.7 Å². The van der Waals surface area contributed by atoms with E-state index in [1.165, 1.54) is 6.42 Å². The van der Waals surface area contributed by atoms with E-state index < -0.39 is 9.84 Å². The largest absolute Gasteiger partial charge is 0.352 e. The number of hydrogen-bond donors (Lipinski definition) is 1. The van der Waals surface area contributed by atoms with Crippen LogP contribution in [0.15, 0.2) is 6.33 Å². The molecule has 1 saturated carbocycles. The minimum absolute atomic E-state index is 0.0536. The SMILES string of the molecule is O=C(CC1(Cn2cnnn2)CCCCC1)NC1CCS(=O)(=O)C1. The number of amides is 1. The zero-order valence-electron chi connectivity index (χ0n) is 13.1. The van der Waals surface area contributed by atoms with Gasteiger partial charge < -0.3 is 5.32 Å². The molecular weight excluding hydrogens is 318 g/mol. The molecule has 1 saturated heterocycles. The minimum Gasteiger partial charge on any atom is -0.352 e. The van der Waals surface area contributed by atoms with Crippen LogP contribution in [0.2, 0.25) is 0 Å². The summed E-state index contributed by atoms with van der Waals surface area (Å²) < 4.78 is 24.7. The van der Waals surface area contributed by atoms with Gasteiger partial charge in [0, 0.05) is 12.5 Å². The maximum atomic E-state index is 12.4. The van der Waals surface area contributed by atoms with E-state index in [0.29, 0.717) is 19.4 Å². The molecule has 9 heteroatoms. The van der Waals surface area contributed by atoms with Crippen LogP contribution in [-0.2, 0) is 21.2 Å². The quantitative estimate of drug-likeness (QED) is 0.826. The Labute approximate surface area is 135 Å². The highest BCUT2D eigenvalue weighted by molar-refractivity contribution is 7.91. The highest BCUT2D eigenvalue weighted by Gasteiger charge is 2.36. The van der Waals surface area contributed by atoms with Gasteiger partial charge in [0.2, 0.25) is 5.91 Å². The second kappa shape index (κ2) is 6.54. The number of tetrazole rings is 1. The molecule has 1 aliphatic carbocycles. The third-order valence-corrected chi connectivity index (χ3v) is 6.70. The zero-order valence-corrected chi connectivity index (χ0v) is 14.0. The first-order valence-corrected chi connectivity index (χ1v) is 9.99. The van der Waals surface area contributed by atoms with Crippen LogP contribution in [0.1, 0.15) is 44.9 Å². The van der Waals surface area contributed by atoms with Crippen molar-refractivity contribution in [3.8, 4) is 0 Å². The van der Waals surface area contributed by atoms with E-state index in [2.05, 4.69) is 20.8 Å². The number of carbonyl (C=O) groups excluding carboxylic acids is 1. The van der Waals surface area contributed by atoms with E-state index in [4.69, 9.17) is 0 Å². The molecule has 0 bridgehead atoms. The topological polar surface area (TPSA) is 107 Å². The monoisotopic (exact) mass is 341 g/mol. The first-order valence-electron chi connectivity index (χ1n) is 8.17. The van der Waals surface area contributed by atoms with Crippen LogP contribution < -0.4 is 5.32 Å². The van der Waals surface area contributed by atoms with Gasteiger partial charge in [-0.3, -0.25) is 4.79 Å². The maximum absolute atomic E-state index is 12.4. The van der Waals surface area contributed by atoms with E-state index in [1.54, 1.807) is 11.0 Å². The van der Waals surface area contributed by atoms with Crippen LogP contribution >= 0.6 is 0 Å². The lowest BCUT2D eigenvalue weighted by molar-refractivity contribution is -0.125. The Hall–Kier alpha value is -1.51. The first-order chi connectivity index (χ1) is 11.0. The molecule has 2 fully saturated rings. The normalized spacial score (nSPS) is 26.0. The summed E-state index contributed by atoms with van der Waals surface area (Å²) in [6.07, 6.45) is 7.86. The highest BCUT2D eigenvalue weighted by Crippen LogP contribution is 2.40. The van der Waals surface area contributed by atoms with Crippen molar-refractivity contribution in [1.29, 1.82) is 0 Å². The number of carbonyl (C=O) groups is 1. The Morgan fingerprint density at radius 1 is 1.30 bits per heavy atom. The fourth-order valence-electron chi connectivity index (χ4n) is 3.82. The lowest BCUT2D eigenvalue weighted by Crippen LogP contribution is -2.41. The van der Waals surface area contributed by atoms with Crippen LogP contribution in [0.25, 0.3) is 0 Å². The maximum Gasteiger partial charge on any atom is 0.220 e. The lowest BCUT2D eigenvalue weighted by atomic mass is 9.71. The van der Waals surface area contributed by atoms with Crippen LogP contribution in [0.3, 0.4) is 0 Å². The predicted molar refractivity (Wildman–Crippen MR) is 83.2 cm³/mol. The summed E-state index contributed by atoms with van der Waals surface area (Å²) in [5.41, 5.74) is -0.130. The molecule has 1 aromatic heterocycles. The van der Waals surface area contributed by atoms with Crippen LogP contribution in [-0.4, -0.2) is 52.1 Å².